The number of benzene rings is 1. The number of carbonyl (C=O) groups excluding carboxylic acids is 1. The molecule has 22 heavy (non-hydrogen) atoms. The number of carbonyl (C=O) groups is 1. The zero-order valence-electron chi connectivity index (χ0n) is 12.4. The molecule has 8 heteroatoms. The van der Waals surface area contributed by atoms with Crippen molar-refractivity contribution in [3.63, 3.8) is 0 Å². The van der Waals surface area contributed by atoms with E-state index in [-0.39, 0.29) is 5.56 Å². The number of rotatable bonds is 6. The summed E-state index contributed by atoms with van der Waals surface area (Å²) < 4.78 is 61.2. The van der Waals surface area contributed by atoms with E-state index in [4.69, 9.17) is 0 Å². The molecule has 0 unspecified atom stereocenters. The molecule has 0 atom stereocenters. The summed E-state index contributed by atoms with van der Waals surface area (Å²) in [6.07, 6.45) is -4.46. The molecule has 0 aromatic heterocycles. The Kier molecular flexibility index (Phi) is 5.99. The minimum absolute atomic E-state index is 0.223. The number of nitrogens with zero attached hydrogens (tertiary/aromatic N) is 1. The van der Waals surface area contributed by atoms with Crippen molar-refractivity contribution in [3.8, 4) is 0 Å². The van der Waals surface area contributed by atoms with Crippen LogP contribution in [0.4, 0.5) is 13.2 Å². The Morgan fingerprint density at radius 2 is 1.59 bits per heavy atom. The van der Waals surface area contributed by atoms with Crippen LogP contribution in [0.5, 0.6) is 0 Å². The van der Waals surface area contributed by atoms with Gasteiger partial charge in [0.1, 0.15) is 5.75 Å². The average Bonchev–Trinajstić information content (AvgIpc) is 2.38. The summed E-state index contributed by atoms with van der Waals surface area (Å²) in [5.74, 6) is -1.61. The highest BCUT2D eigenvalue weighted by atomic mass is 32.2. The van der Waals surface area contributed by atoms with Gasteiger partial charge in [0.15, 0.2) is 9.84 Å². The van der Waals surface area contributed by atoms with Crippen LogP contribution in [0.25, 0.3) is 0 Å². The molecule has 124 valence electrons. The number of amides is 1. The second-order valence-corrected chi connectivity index (χ2v) is 6.86. The fourth-order valence-electron chi connectivity index (χ4n) is 1.95. The number of hydrogen-bond acceptors (Lipinski definition) is 3. The van der Waals surface area contributed by atoms with Crippen LogP contribution < -0.4 is 0 Å². The molecule has 0 aliphatic carbocycles. The van der Waals surface area contributed by atoms with Crippen LogP contribution in [0.2, 0.25) is 0 Å². The molecule has 0 aliphatic rings. The second kappa shape index (κ2) is 7.13. The summed E-state index contributed by atoms with van der Waals surface area (Å²) in [5, 5.41) is 0. The topological polar surface area (TPSA) is 54.5 Å². The van der Waals surface area contributed by atoms with Crippen molar-refractivity contribution < 1.29 is 26.4 Å². The monoisotopic (exact) mass is 337 g/mol. The highest BCUT2D eigenvalue weighted by molar-refractivity contribution is 7.91. The van der Waals surface area contributed by atoms with Gasteiger partial charge in [-0.25, -0.2) is 8.42 Å². The minimum Gasteiger partial charge on any atom is -0.342 e. The van der Waals surface area contributed by atoms with E-state index in [0.29, 0.717) is 13.1 Å². The largest absolute Gasteiger partial charge is 0.416 e. The van der Waals surface area contributed by atoms with Gasteiger partial charge in [-0.15, -0.1) is 0 Å². The van der Waals surface area contributed by atoms with E-state index >= 15 is 0 Å². The average molecular weight is 337 g/mol. The summed E-state index contributed by atoms with van der Waals surface area (Å²) in [7, 11) is -3.72. The van der Waals surface area contributed by atoms with Crippen molar-refractivity contribution in [2.75, 3.05) is 18.8 Å². The molecule has 1 aromatic rings. The van der Waals surface area contributed by atoms with Gasteiger partial charge in [-0.2, -0.15) is 13.2 Å². The van der Waals surface area contributed by atoms with Gasteiger partial charge in [0.25, 0.3) is 0 Å². The van der Waals surface area contributed by atoms with Crippen molar-refractivity contribution in [3.05, 3.63) is 35.4 Å². The molecule has 0 saturated carbocycles. The first-order valence-electron chi connectivity index (χ1n) is 6.73. The first-order valence-corrected chi connectivity index (χ1v) is 8.55. The van der Waals surface area contributed by atoms with Crippen molar-refractivity contribution >= 4 is 15.7 Å². The van der Waals surface area contributed by atoms with E-state index in [2.05, 4.69) is 0 Å². The Balaban J connectivity index is 2.79. The summed E-state index contributed by atoms with van der Waals surface area (Å²) in [6, 6.07) is 3.89. The predicted octanol–water partition coefficient (Wildman–Crippen LogP) is 2.49. The lowest BCUT2D eigenvalue weighted by Crippen LogP contribution is -2.35. The molecule has 0 heterocycles. The number of sulfone groups is 1. The van der Waals surface area contributed by atoms with Crippen LogP contribution in [0.15, 0.2) is 24.3 Å². The fourth-order valence-corrected chi connectivity index (χ4v) is 3.31. The summed E-state index contributed by atoms with van der Waals surface area (Å²) in [5.41, 5.74) is -0.617. The first kappa shape index (κ1) is 18.5. The van der Waals surface area contributed by atoms with E-state index in [1.54, 1.807) is 13.8 Å². The van der Waals surface area contributed by atoms with Crippen molar-refractivity contribution in [2.45, 2.75) is 25.8 Å². The van der Waals surface area contributed by atoms with Crippen molar-refractivity contribution in [1.82, 2.24) is 4.90 Å². The first-order chi connectivity index (χ1) is 10.1. The Labute approximate surface area is 127 Å². The Morgan fingerprint density at radius 1 is 1.09 bits per heavy atom. The van der Waals surface area contributed by atoms with Gasteiger partial charge in [0.05, 0.1) is 11.3 Å². The molecule has 0 fully saturated rings. The SMILES string of the molecule is CCN(CC)C(=O)CS(=O)(=O)Cc1ccc(C(F)(F)F)cc1. The molecule has 1 aromatic carbocycles. The van der Waals surface area contributed by atoms with Crippen LogP contribution in [-0.2, 0) is 26.6 Å². The molecule has 0 spiro atoms. The van der Waals surface area contributed by atoms with E-state index in [1.165, 1.54) is 4.90 Å². The maximum Gasteiger partial charge on any atom is 0.416 e. The van der Waals surface area contributed by atoms with Gasteiger partial charge in [0.2, 0.25) is 5.91 Å². The Bertz CT molecular complexity index is 605. The van der Waals surface area contributed by atoms with Crippen molar-refractivity contribution in [2.24, 2.45) is 0 Å². The molecule has 0 radical (unpaired) electrons. The molecule has 0 bridgehead atoms. The van der Waals surface area contributed by atoms with E-state index in [1.807, 2.05) is 0 Å². The lowest BCUT2D eigenvalue weighted by molar-refractivity contribution is -0.137. The van der Waals surface area contributed by atoms with Crippen LogP contribution in [0.1, 0.15) is 25.0 Å². The molecule has 4 nitrogen and oxygen atoms in total. The highest BCUT2D eigenvalue weighted by Gasteiger charge is 2.30. The third-order valence-corrected chi connectivity index (χ3v) is 4.59. The fraction of sp³-hybridized carbons (Fsp3) is 0.500. The van der Waals surface area contributed by atoms with Crippen LogP contribution >= 0.6 is 0 Å². The van der Waals surface area contributed by atoms with Gasteiger partial charge < -0.3 is 4.90 Å². The summed E-state index contributed by atoms with van der Waals surface area (Å²) in [4.78, 5) is 13.2. The number of hydrogen-bond donors (Lipinski definition) is 0. The standard InChI is InChI=1S/C14H18F3NO3S/c1-3-18(4-2)13(19)10-22(20,21)9-11-5-7-12(8-6-11)14(15,16)17/h5-8H,3-4,9-10H2,1-2H3. The predicted molar refractivity (Wildman–Crippen MR) is 76.9 cm³/mol. The van der Waals surface area contributed by atoms with Gasteiger partial charge in [-0.1, -0.05) is 12.1 Å². The summed E-state index contributed by atoms with van der Waals surface area (Å²) >= 11 is 0. The molecule has 1 rings (SSSR count). The van der Waals surface area contributed by atoms with Gasteiger partial charge in [0, 0.05) is 13.1 Å². The smallest absolute Gasteiger partial charge is 0.342 e. The second-order valence-electron chi connectivity index (χ2n) is 4.79. The van der Waals surface area contributed by atoms with Crippen LogP contribution in [-0.4, -0.2) is 38.1 Å². The van der Waals surface area contributed by atoms with Gasteiger partial charge in [-0.05, 0) is 31.5 Å². The number of alkyl halides is 3. The molecule has 0 saturated heterocycles. The van der Waals surface area contributed by atoms with E-state index in [9.17, 15) is 26.4 Å². The maximum absolute atomic E-state index is 12.4. The Morgan fingerprint density at radius 3 is 2.00 bits per heavy atom. The quantitative estimate of drug-likeness (QED) is 0.801. The normalized spacial score (nSPS) is 12.2. The highest BCUT2D eigenvalue weighted by Crippen LogP contribution is 2.29. The summed E-state index contributed by atoms with van der Waals surface area (Å²) in [6.45, 7) is 4.30. The molecular formula is C14H18F3NO3S. The zero-order valence-corrected chi connectivity index (χ0v) is 13.2. The minimum atomic E-state index is -4.46. The molecular weight excluding hydrogens is 319 g/mol. The molecule has 1 amide bonds. The van der Waals surface area contributed by atoms with E-state index < -0.39 is 39.0 Å². The molecule has 0 aliphatic heterocycles. The van der Waals surface area contributed by atoms with Crippen LogP contribution in [0, 0.1) is 0 Å². The maximum atomic E-state index is 12.4. The molecule has 0 N–H and O–H groups in total. The van der Waals surface area contributed by atoms with Gasteiger partial charge in [-0.3, -0.25) is 4.79 Å². The van der Waals surface area contributed by atoms with E-state index in [0.717, 1.165) is 24.3 Å². The third-order valence-electron chi connectivity index (χ3n) is 3.13. The lowest BCUT2D eigenvalue weighted by Gasteiger charge is -2.18. The van der Waals surface area contributed by atoms with Crippen LogP contribution in [0.3, 0.4) is 0 Å². The zero-order chi connectivity index (χ0) is 17.0. The van der Waals surface area contributed by atoms with Crippen molar-refractivity contribution in [1.29, 1.82) is 0 Å². The van der Waals surface area contributed by atoms with Gasteiger partial charge >= 0.3 is 6.18 Å². The Hall–Kier alpha value is -1.57. The number of halogens is 3. The lowest BCUT2D eigenvalue weighted by atomic mass is 10.1. The third kappa shape index (κ3) is 5.32.